The van der Waals surface area contributed by atoms with Crippen LogP contribution in [0.3, 0.4) is 0 Å². The molecule has 0 unspecified atom stereocenters. The summed E-state index contributed by atoms with van der Waals surface area (Å²) in [5.74, 6) is 2.98. The molecule has 9 rings (SSSR count). The van der Waals surface area contributed by atoms with Crippen molar-refractivity contribution < 1.29 is 9.47 Å². The van der Waals surface area contributed by atoms with Crippen LogP contribution >= 0.6 is 0 Å². The fourth-order valence-corrected chi connectivity index (χ4v) is 8.15. The third-order valence-corrected chi connectivity index (χ3v) is 10.5. The molecule has 54 heavy (non-hydrogen) atoms. The van der Waals surface area contributed by atoms with E-state index in [1.54, 1.807) is 0 Å². The number of ether oxygens (including phenoxy) is 2. The number of aryl methyl sites for hydroxylation is 4. The Morgan fingerprint density at radius 1 is 0.574 bits per heavy atom. The smallest absolute Gasteiger partial charge is 0.132 e. The van der Waals surface area contributed by atoms with Crippen LogP contribution in [0.2, 0.25) is 0 Å². The first-order valence-electron chi connectivity index (χ1n) is 18.2. The summed E-state index contributed by atoms with van der Waals surface area (Å²) >= 11 is 0. The molecule has 262 valence electrons. The van der Waals surface area contributed by atoms with Gasteiger partial charge >= 0.3 is 0 Å². The third-order valence-electron chi connectivity index (χ3n) is 10.5. The second-order valence-corrected chi connectivity index (χ2v) is 14.0. The molecule has 1 aliphatic heterocycles. The van der Waals surface area contributed by atoms with Crippen LogP contribution in [-0.4, -0.2) is 20.0 Å². The largest absolute Gasteiger partial charge is 0.457 e. The average molecular weight is 703 g/mol. The van der Waals surface area contributed by atoms with E-state index < -0.39 is 5.41 Å². The maximum absolute atomic E-state index is 6.89. The van der Waals surface area contributed by atoms with E-state index in [0.29, 0.717) is 11.5 Å². The third kappa shape index (κ3) is 5.55. The van der Waals surface area contributed by atoms with Gasteiger partial charge in [0, 0.05) is 29.0 Å². The van der Waals surface area contributed by atoms with Gasteiger partial charge in [0.1, 0.15) is 28.7 Å². The van der Waals surface area contributed by atoms with Crippen LogP contribution in [0.5, 0.6) is 23.0 Å². The zero-order chi connectivity index (χ0) is 36.8. The molecule has 8 aromatic rings. The summed E-state index contributed by atoms with van der Waals surface area (Å²) < 4.78 is 15.2. The van der Waals surface area contributed by atoms with E-state index in [9.17, 15) is 0 Å². The Morgan fingerprint density at radius 2 is 1.20 bits per heavy atom. The Hall–Kier alpha value is -6.79. The topological polar surface area (TPSA) is 62.1 Å². The zero-order valence-electron chi connectivity index (χ0n) is 30.6. The van der Waals surface area contributed by atoms with E-state index in [4.69, 9.17) is 14.5 Å². The number of pyridine rings is 1. The second kappa shape index (κ2) is 13.3. The highest BCUT2D eigenvalue weighted by atomic mass is 16.5. The predicted octanol–water partition coefficient (Wildman–Crippen LogP) is 11.5. The minimum Gasteiger partial charge on any atom is -0.457 e. The van der Waals surface area contributed by atoms with Gasteiger partial charge in [0.2, 0.25) is 0 Å². The summed E-state index contributed by atoms with van der Waals surface area (Å²) in [6.45, 7) is 8.51. The molecule has 1 aliphatic rings. The number of nitrogens with zero attached hydrogens (tertiary/aromatic N) is 4. The lowest BCUT2D eigenvalue weighted by molar-refractivity contribution is 0.431. The molecule has 2 aromatic heterocycles. The van der Waals surface area contributed by atoms with Crippen molar-refractivity contribution in [3.8, 4) is 51.1 Å². The van der Waals surface area contributed by atoms with Crippen molar-refractivity contribution in [3.63, 3.8) is 0 Å². The molecule has 0 fully saturated rings. The van der Waals surface area contributed by atoms with E-state index in [2.05, 4.69) is 135 Å². The molecule has 0 saturated carbocycles. The fraction of sp³-hybridized carbons (Fsp3) is 0.104. The maximum atomic E-state index is 6.89. The van der Waals surface area contributed by atoms with Gasteiger partial charge in [0.05, 0.1) is 23.0 Å². The van der Waals surface area contributed by atoms with Crippen molar-refractivity contribution in [2.45, 2.75) is 33.1 Å². The first-order valence-corrected chi connectivity index (χ1v) is 18.2. The molecule has 6 nitrogen and oxygen atoms in total. The molecule has 0 amide bonds. The molecule has 3 heterocycles. The zero-order valence-corrected chi connectivity index (χ0v) is 30.6. The minimum atomic E-state index is -0.762. The number of rotatable bonds is 7. The van der Waals surface area contributed by atoms with Crippen molar-refractivity contribution in [3.05, 3.63) is 203 Å². The molecule has 0 radical (unpaired) electrons. The van der Waals surface area contributed by atoms with E-state index in [1.807, 2.05) is 65.6 Å². The van der Waals surface area contributed by atoms with E-state index in [0.717, 1.165) is 73.1 Å². The van der Waals surface area contributed by atoms with Gasteiger partial charge in [0.15, 0.2) is 0 Å². The lowest BCUT2D eigenvalue weighted by Crippen LogP contribution is -2.35. The standard InChI is InChI=1S/C48H38N4O2/c1-31-14-11-15-32(2)46(31)35-26-37(52-30-42(50-51-52)47-33(3)16-12-17-34(47)4)29-39(27-35)53-38-19-13-18-36(28-38)48(45-24-9-10-25-49-45)40-20-5-7-22-43(40)54-44-23-8-6-21-41(44)48/h5-30H,1-4H3. The number of aromatic nitrogens is 4. The van der Waals surface area contributed by atoms with Gasteiger partial charge in [-0.15, -0.1) is 5.10 Å². The Kier molecular flexibility index (Phi) is 8.16. The minimum absolute atomic E-state index is 0.686. The van der Waals surface area contributed by atoms with Gasteiger partial charge < -0.3 is 9.47 Å². The normalized spacial score (nSPS) is 12.7. The van der Waals surface area contributed by atoms with Crippen LogP contribution in [0.25, 0.3) is 28.1 Å². The van der Waals surface area contributed by atoms with Crippen molar-refractivity contribution in [2.24, 2.45) is 0 Å². The lowest BCUT2D eigenvalue weighted by atomic mass is 9.65. The van der Waals surface area contributed by atoms with E-state index in [1.165, 1.54) is 11.1 Å². The molecule has 6 heteroatoms. The molecular weight excluding hydrogens is 665 g/mol. The highest BCUT2D eigenvalue weighted by Crippen LogP contribution is 2.55. The highest BCUT2D eigenvalue weighted by molar-refractivity contribution is 5.75. The molecule has 0 saturated heterocycles. The number of hydrogen-bond donors (Lipinski definition) is 0. The Labute approximate surface area is 315 Å². The van der Waals surface area contributed by atoms with Gasteiger partial charge in [-0.1, -0.05) is 96.2 Å². The summed E-state index contributed by atoms with van der Waals surface area (Å²) in [7, 11) is 0. The summed E-state index contributed by atoms with van der Waals surface area (Å²) in [4.78, 5) is 4.99. The highest BCUT2D eigenvalue weighted by Gasteiger charge is 2.46. The van der Waals surface area contributed by atoms with Crippen LogP contribution in [0, 0.1) is 27.7 Å². The molecule has 6 aromatic carbocycles. The van der Waals surface area contributed by atoms with Crippen molar-refractivity contribution in [1.29, 1.82) is 0 Å². The molecule has 0 atom stereocenters. The van der Waals surface area contributed by atoms with Crippen LogP contribution in [0.15, 0.2) is 158 Å². The number of para-hydroxylation sites is 2. The number of hydrogen-bond acceptors (Lipinski definition) is 5. The second-order valence-electron chi connectivity index (χ2n) is 14.0. The van der Waals surface area contributed by atoms with Crippen LogP contribution < -0.4 is 9.47 Å². The first kappa shape index (κ1) is 33.1. The van der Waals surface area contributed by atoms with Gasteiger partial charge in [-0.25, -0.2) is 4.68 Å². The summed E-state index contributed by atoms with van der Waals surface area (Å²) in [6.07, 6.45) is 3.86. The van der Waals surface area contributed by atoms with E-state index in [-0.39, 0.29) is 0 Å². The molecular formula is C48H38N4O2. The van der Waals surface area contributed by atoms with Crippen molar-refractivity contribution in [1.82, 2.24) is 20.0 Å². The van der Waals surface area contributed by atoms with Crippen LogP contribution in [0.4, 0.5) is 0 Å². The Morgan fingerprint density at radius 3 is 1.87 bits per heavy atom. The maximum Gasteiger partial charge on any atom is 0.132 e. The molecule has 0 spiro atoms. The van der Waals surface area contributed by atoms with Gasteiger partial charge in [-0.3, -0.25) is 4.98 Å². The molecule has 0 aliphatic carbocycles. The Balaban J connectivity index is 1.20. The average Bonchev–Trinajstić information content (AvgIpc) is 3.67. The van der Waals surface area contributed by atoms with Gasteiger partial charge in [-0.2, -0.15) is 0 Å². The predicted molar refractivity (Wildman–Crippen MR) is 214 cm³/mol. The molecule has 0 N–H and O–H groups in total. The quantitative estimate of drug-likeness (QED) is 0.165. The van der Waals surface area contributed by atoms with Crippen LogP contribution in [0.1, 0.15) is 44.6 Å². The summed E-state index contributed by atoms with van der Waals surface area (Å²) in [6, 6.07) is 49.9. The lowest BCUT2D eigenvalue weighted by Gasteiger charge is -2.40. The van der Waals surface area contributed by atoms with Gasteiger partial charge in [0.25, 0.3) is 0 Å². The summed E-state index contributed by atoms with van der Waals surface area (Å²) in [5, 5.41) is 9.25. The van der Waals surface area contributed by atoms with Crippen molar-refractivity contribution in [2.75, 3.05) is 0 Å². The SMILES string of the molecule is Cc1cccc(C)c1-c1cc(Oc2cccc(C3(c4ccccn4)c4ccccc4Oc4ccccc43)c2)cc(-n2cc(-c3c(C)cccc3C)nn2)c1. The molecule has 0 bridgehead atoms. The summed E-state index contributed by atoms with van der Waals surface area (Å²) in [5.41, 5.74) is 12.9. The van der Waals surface area contributed by atoms with Crippen molar-refractivity contribution >= 4 is 0 Å². The number of benzene rings is 6. The van der Waals surface area contributed by atoms with E-state index >= 15 is 0 Å². The first-order chi connectivity index (χ1) is 26.4. The van der Waals surface area contributed by atoms with Crippen LogP contribution in [-0.2, 0) is 5.41 Å². The monoisotopic (exact) mass is 702 g/mol. The fourth-order valence-electron chi connectivity index (χ4n) is 8.15. The Bertz CT molecular complexity index is 2590. The number of fused-ring (bicyclic) bond motifs is 2. The van der Waals surface area contributed by atoms with Gasteiger partial charge in [-0.05, 0) is 115 Å².